The van der Waals surface area contributed by atoms with Crippen LogP contribution >= 0.6 is 23.4 Å². The summed E-state index contributed by atoms with van der Waals surface area (Å²) in [6, 6.07) is 5.92. The Bertz CT molecular complexity index is 333. The van der Waals surface area contributed by atoms with Crippen LogP contribution in [0.3, 0.4) is 0 Å². The number of hydrogen-bond donors (Lipinski definition) is 1. The minimum atomic E-state index is 0.578. The number of hydrogen-bond acceptors (Lipinski definition) is 3. The van der Waals surface area contributed by atoms with Crippen LogP contribution in [0.4, 0.5) is 0 Å². The Morgan fingerprint density at radius 3 is 2.75 bits per heavy atom. The van der Waals surface area contributed by atoms with E-state index >= 15 is 0 Å². The second-order valence-corrected chi connectivity index (χ2v) is 5.28. The van der Waals surface area contributed by atoms with E-state index in [1.54, 1.807) is 7.11 Å². The molecule has 16 heavy (non-hydrogen) atoms. The van der Waals surface area contributed by atoms with Crippen LogP contribution < -0.4 is 10.1 Å². The van der Waals surface area contributed by atoms with Crippen molar-refractivity contribution in [1.82, 2.24) is 5.32 Å². The molecule has 1 rings (SSSR count). The van der Waals surface area contributed by atoms with Crippen LogP contribution in [0.15, 0.2) is 23.1 Å². The van der Waals surface area contributed by atoms with Crippen molar-refractivity contribution in [3.63, 3.8) is 0 Å². The maximum atomic E-state index is 6.08. The van der Waals surface area contributed by atoms with E-state index in [1.807, 2.05) is 37.0 Å². The summed E-state index contributed by atoms with van der Waals surface area (Å²) in [4.78, 5) is 1.19. The first-order valence-electron chi connectivity index (χ1n) is 5.36. The lowest BCUT2D eigenvalue weighted by Crippen LogP contribution is -2.19. The fourth-order valence-electron chi connectivity index (χ4n) is 1.41. The molecule has 0 aliphatic rings. The zero-order valence-electron chi connectivity index (χ0n) is 9.92. The summed E-state index contributed by atoms with van der Waals surface area (Å²) in [6.07, 6.45) is 1.13. The third-order valence-electron chi connectivity index (χ3n) is 2.31. The fourth-order valence-corrected chi connectivity index (χ4v) is 2.87. The fraction of sp³-hybridized carbons (Fsp3) is 0.500. The molecule has 0 aromatic heterocycles. The van der Waals surface area contributed by atoms with Crippen molar-refractivity contribution in [1.29, 1.82) is 0 Å². The van der Waals surface area contributed by atoms with Crippen LogP contribution in [0.1, 0.15) is 13.3 Å². The molecular weight excluding hydrogens is 242 g/mol. The number of nitrogens with one attached hydrogen (secondary N) is 1. The first kappa shape index (κ1) is 13.7. The van der Waals surface area contributed by atoms with Gasteiger partial charge in [-0.15, -0.1) is 11.8 Å². The van der Waals surface area contributed by atoms with Crippen LogP contribution in [0.2, 0.25) is 5.02 Å². The van der Waals surface area contributed by atoms with Gasteiger partial charge in [-0.1, -0.05) is 18.5 Å². The van der Waals surface area contributed by atoms with Crippen molar-refractivity contribution in [3.8, 4) is 5.75 Å². The maximum absolute atomic E-state index is 6.08. The monoisotopic (exact) mass is 259 g/mol. The van der Waals surface area contributed by atoms with Crippen molar-refractivity contribution in [2.75, 3.05) is 20.7 Å². The Morgan fingerprint density at radius 1 is 1.50 bits per heavy atom. The van der Waals surface area contributed by atoms with Gasteiger partial charge in [0.15, 0.2) is 0 Å². The Labute approximate surface area is 107 Å². The van der Waals surface area contributed by atoms with E-state index in [4.69, 9.17) is 16.3 Å². The van der Waals surface area contributed by atoms with E-state index in [0.717, 1.165) is 18.7 Å². The minimum absolute atomic E-state index is 0.578. The molecule has 0 aliphatic heterocycles. The van der Waals surface area contributed by atoms with Gasteiger partial charge in [-0.05, 0) is 31.7 Å². The predicted molar refractivity (Wildman–Crippen MR) is 71.9 cm³/mol. The van der Waals surface area contributed by atoms with Gasteiger partial charge < -0.3 is 10.1 Å². The lowest BCUT2D eigenvalue weighted by atomic mass is 10.3. The quantitative estimate of drug-likeness (QED) is 0.791. The van der Waals surface area contributed by atoms with Crippen molar-refractivity contribution in [2.45, 2.75) is 23.5 Å². The molecule has 0 radical (unpaired) electrons. The first-order valence-corrected chi connectivity index (χ1v) is 6.61. The van der Waals surface area contributed by atoms with Crippen molar-refractivity contribution in [2.24, 2.45) is 0 Å². The molecule has 0 heterocycles. The van der Waals surface area contributed by atoms with Gasteiger partial charge in [0, 0.05) is 16.7 Å². The van der Waals surface area contributed by atoms with Gasteiger partial charge in [0.2, 0.25) is 0 Å². The molecule has 0 saturated carbocycles. The molecular formula is C12H18ClNOS. The second kappa shape index (κ2) is 7.05. The topological polar surface area (TPSA) is 21.3 Å². The van der Waals surface area contributed by atoms with Gasteiger partial charge in [-0.2, -0.15) is 0 Å². The van der Waals surface area contributed by atoms with E-state index in [0.29, 0.717) is 10.3 Å². The third kappa shape index (κ3) is 3.89. The minimum Gasteiger partial charge on any atom is -0.495 e. The summed E-state index contributed by atoms with van der Waals surface area (Å²) in [5.74, 6) is 0.729. The van der Waals surface area contributed by atoms with E-state index in [1.165, 1.54) is 4.90 Å². The van der Waals surface area contributed by atoms with Crippen LogP contribution in [0.25, 0.3) is 0 Å². The number of benzene rings is 1. The average molecular weight is 260 g/mol. The van der Waals surface area contributed by atoms with Gasteiger partial charge in [0.1, 0.15) is 5.75 Å². The molecule has 4 heteroatoms. The van der Waals surface area contributed by atoms with E-state index in [-0.39, 0.29) is 0 Å². The van der Waals surface area contributed by atoms with Gasteiger partial charge in [0.25, 0.3) is 0 Å². The standard InChI is InChI=1S/C12H18ClNOS/c1-4-9(8-14-2)16-10-5-6-12(15-3)11(13)7-10/h5-7,9,14H,4,8H2,1-3H3. The summed E-state index contributed by atoms with van der Waals surface area (Å²) in [5, 5.41) is 4.45. The highest BCUT2D eigenvalue weighted by molar-refractivity contribution is 8.00. The van der Waals surface area contributed by atoms with Crippen LogP contribution in [-0.2, 0) is 0 Å². The predicted octanol–water partition coefficient (Wildman–Crippen LogP) is 3.44. The Kier molecular flexibility index (Phi) is 6.03. The van der Waals surface area contributed by atoms with Gasteiger partial charge in [0.05, 0.1) is 12.1 Å². The summed E-state index contributed by atoms with van der Waals surface area (Å²) in [5.41, 5.74) is 0. The molecule has 1 atom stereocenters. The summed E-state index contributed by atoms with van der Waals surface area (Å²) >= 11 is 7.92. The second-order valence-electron chi connectivity index (χ2n) is 3.50. The molecule has 0 saturated heterocycles. The average Bonchev–Trinajstić information content (AvgIpc) is 2.28. The third-order valence-corrected chi connectivity index (χ3v) is 3.97. The molecule has 1 unspecified atom stereocenters. The van der Waals surface area contributed by atoms with E-state index in [9.17, 15) is 0 Å². The summed E-state index contributed by atoms with van der Waals surface area (Å²) in [6.45, 7) is 3.20. The summed E-state index contributed by atoms with van der Waals surface area (Å²) < 4.78 is 5.13. The highest BCUT2D eigenvalue weighted by Gasteiger charge is 2.09. The van der Waals surface area contributed by atoms with Gasteiger partial charge >= 0.3 is 0 Å². The van der Waals surface area contributed by atoms with E-state index < -0.39 is 0 Å². The molecule has 0 spiro atoms. The highest BCUT2D eigenvalue weighted by atomic mass is 35.5. The molecule has 1 aromatic carbocycles. The van der Waals surface area contributed by atoms with E-state index in [2.05, 4.69) is 12.2 Å². The highest BCUT2D eigenvalue weighted by Crippen LogP contribution is 2.32. The summed E-state index contributed by atoms with van der Waals surface area (Å²) in [7, 11) is 3.61. The number of halogens is 1. The van der Waals surface area contributed by atoms with Gasteiger partial charge in [-0.3, -0.25) is 0 Å². The molecule has 0 fully saturated rings. The number of methoxy groups -OCH3 is 1. The zero-order chi connectivity index (χ0) is 12.0. The van der Waals surface area contributed by atoms with Crippen LogP contribution in [0, 0.1) is 0 Å². The van der Waals surface area contributed by atoms with Crippen LogP contribution in [0.5, 0.6) is 5.75 Å². The largest absolute Gasteiger partial charge is 0.495 e. The van der Waals surface area contributed by atoms with Gasteiger partial charge in [-0.25, -0.2) is 0 Å². The van der Waals surface area contributed by atoms with Crippen molar-refractivity contribution < 1.29 is 4.74 Å². The lowest BCUT2D eigenvalue weighted by Gasteiger charge is -2.14. The van der Waals surface area contributed by atoms with Crippen molar-refractivity contribution >= 4 is 23.4 Å². The zero-order valence-corrected chi connectivity index (χ0v) is 11.5. The smallest absolute Gasteiger partial charge is 0.137 e. The Hall–Kier alpha value is -0.380. The van der Waals surface area contributed by atoms with Crippen LogP contribution in [-0.4, -0.2) is 26.0 Å². The lowest BCUT2D eigenvalue weighted by molar-refractivity contribution is 0.414. The molecule has 0 amide bonds. The Balaban J connectivity index is 2.69. The number of rotatable bonds is 6. The maximum Gasteiger partial charge on any atom is 0.137 e. The first-order chi connectivity index (χ1) is 7.71. The van der Waals surface area contributed by atoms with Crippen molar-refractivity contribution in [3.05, 3.63) is 23.2 Å². The molecule has 2 nitrogen and oxygen atoms in total. The molecule has 90 valence electrons. The molecule has 1 N–H and O–H groups in total. The molecule has 1 aromatic rings. The molecule has 0 aliphatic carbocycles. The SMILES string of the molecule is CCC(CNC)Sc1ccc(OC)c(Cl)c1. The Morgan fingerprint density at radius 2 is 2.25 bits per heavy atom. The normalized spacial score (nSPS) is 12.5. The molecule has 0 bridgehead atoms. The number of thioether (sulfide) groups is 1. The number of ether oxygens (including phenoxy) is 1.